The minimum absolute atomic E-state index is 0.0807. The van der Waals surface area contributed by atoms with Crippen LogP contribution in [0.3, 0.4) is 0 Å². The predicted molar refractivity (Wildman–Crippen MR) is 121 cm³/mol. The van der Waals surface area contributed by atoms with Crippen molar-refractivity contribution in [1.29, 1.82) is 0 Å². The van der Waals surface area contributed by atoms with Crippen molar-refractivity contribution in [2.24, 2.45) is 0 Å². The average Bonchev–Trinajstić information content (AvgIpc) is 2.72. The molecule has 31 heavy (non-hydrogen) atoms. The smallest absolute Gasteiger partial charge is 0.273 e. The molecule has 162 valence electrons. The number of nitro benzene ring substituents is 1. The third-order valence-corrected chi connectivity index (χ3v) is 6.01. The molecule has 0 aliphatic heterocycles. The molecule has 0 bridgehead atoms. The van der Waals surface area contributed by atoms with Crippen molar-refractivity contribution in [3.63, 3.8) is 0 Å². The van der Waals surface area contributed by atoms with Gasteiger partial charge < -0.3 is 4.74 Å². The summed E-state index contributed by atoms with van der Waals surface area (Å²) in [6.45, 7) is 4.15. The fourth-order valence-corrected chi connectivity index (χ4v) is 4.07. The summed E-state index contributed by atoms with van der Waals surface area (Å²) < 4.78 is 32.4. The van der Waals surface area contributed by atoms with Crippen LogP contribution in [0.5, 0.6) is 5.75 Å². The predicted octanol–water partition coefficient (Wildman–Crippen LogP) is 4.76. The van der Waals surface area contributed by atoms with Crippen molar-refractivity contribution >= 4 is 21.4 Å². The van der Waals surface area contributed by atoms with E-state index < -0.39 is 14.9 Å². The number of non-ortho nitro benzene ring substituents is 1. The number of ether oxygens (including phenoxy) is 1. The summed E-state index contributed by atoms with van der Waals surface area (Å²) in [5.41, 5.74) is 3.86. The van der Waals surface area contributed by atoms with E-state index >= 15 is 0 Å². The van der Waals surface area contributed by atoms with E-state index in [-0.39, 0.29) is 30.3 Å². The Bertz CT molecular complexity index is 1190. The van der Waals surface area contributed by atoms with Crippen molar-refractivity contribution in [1.82, 2.24) is 0 Å². The quantitative estimate of drug-likeness (QED) is 0.372. The lowest BCUT2D eigenvalue weighted by molar-refractivity contribution is -0.384. The standard InChI is InChI=1S/C23H24N2O5S/c1-17-9-10-18(2)20(13-17)16-30-23-14-21(25(26)27)11-12-22(23)24(31(3,28)29)15-19-7-5-4-6-8-19/h4-14H,15-16H2,1-3H3. The number of nitrogens with zero attached hydrogens (tertiary/aromatic N) is 2. The summed E-state index contributed by atoms with van der Waals surface area (Å²) in [5.74, 6) is 0.136. The van der Waals surface area contributed by atoms with Crippen molar-refractivity contribution in [3.8, 4) is 5.75 Å². The number of sulfonamides is 1. The zero-order valence-electron chi connectivity index (χ0n) is 17.6. The Morgan fingerprint density at radius 3 is 2.35 bits per heavy atom. The number of rotatable bonds is 8. The molecule has 0 fully saturated rings. The van der Waals surface area contributed by atoms with Gasteiger partial charge >= 0.3 is 0 Å². The molecule has 3 aromatic carbocycles. The van der Waals surface area contributed by atoms with Gasteiger partial charge in [-0.2, -0.15) is 0 Å². The number of hydrogen-bond acceptors (Lipinski definition) is 5. The largest absolute Gasteiger partial charge is 0.486 e. The Balaban J connectivity index is 2.02. The second-order valence-corrected chi connectivity index (χ2v) is 9.29. The molecule has 0 aromatic heterocycles. The highest BCUT2D eigenvalue weighted by Crippen LogP contribution is 2.35. The third-order valence-electron chi connectivity index (χ3n) is 4.88. The molecular weight excluding hydrogens is 416 g/mol. The van der Waals surface area contributed by atoms with E-state index in [2.05, 4.69) is 0 Å². The summed E-state index contributed by atoms with van der Waals surface area (Å²) in [7, 11) is -3.69. The van der Waals surface area contributed by atoms with Crippen LogP contribution in [-0.2, 0) is 23.2 Å². The lowest BCUT2D eigenvalue weighted by Gasteiger charge is -2.25. The van der Waals surface area contributed by atoms with Crippen LogP contribution in [0.25, 0.3) is 0 Å². The Hall–Kier alpha value is -3.39. The fourth-order valence-electron chi connectivity index (χ4n) is 3.18. The number of aryl methyl sites for hydroxylation is 2. The van der Waals surface area contributed by atoms with Gasteiger partial charge in [-0.15, -0.1) is 0 Å². The van der Waals surface area contributed by atoms with Gasteiger partial charge in [0.25, 0.3) is 5.69 Å². The third kappa shape index (κ3) is 5.61. The van der Waals surface area contributed by atoms with Crippen LogP contribution in [0, 0.1) is 24.0 Å². The lowest BCUT2D eigenvalue weighted by Crippen LogP contribution is -2.29. The Kier molecular flexibility index (Phi) is 6.60. The van der Waals surface area contributed by atoms with E-state index in [1.807, 2.05) is 62.4 Å². The molecule has 0 amide bonds. The Labute approximate surface area is 182 Å². The minimum atomic E-state index is -3.69. The summed E-state index contributed by atoms with van der Waals surface area (Å²) >= 11 is 0. The fraction of sp³-hybridized carbons (Fsp3) is 0.217. The molecule has 8 heteroatoms. The Morgan fingerprint density at radius 1 is 1.00 bits per heavy atom. The summed E-state index contributed by atoms with van der Waals surface area (Å²) in [6, 6.07) is 19.0. The van der Waals surface area contributed by atoms with Gasteiger partial charge in [0, 0.05) is 6.07 Å². The van der Waals surface area contributed by atoms with Crippen LogP contribution in [-0.4, -0.2) is 19.6 Å². The highest BCUT2D eigenvalue weighted by molar-refractivity contribution is 7.92. The van der Waals surface area contributed by atoms with Crippen LogP contribution in [0.15, 0.2) is 66.7 Å². The average molecular weight is 441 g/mol. The normalized spacial score (nSPS) is 11.2. The van der Waals surface area contributed by atoms with Gasteiger partial charge in [0.2, 0.25) is 10.0 Å². The molecule has 0 spiro atoms. The molecule has 0 saturated heterocycles. The number of benzene rings is 3. The van der Waals surface area contributed by atoms with Crippen LogP contribution in [0.1, 0.15) is 22.3 Å². The first-order chi connectivity index (χ1) is 14.6. The molecule has 3 aromatic rings. The molecule has 0 unspecified atom stereocenters. The van der Waals surface area contributed by atoms with Crippen LogP contribution in [0.4, 0.5) is 11.4 Å². The van der Waals surface area contributed by atoms with Crippen molar-refractivity contribution in [2.75, 3.05) is 10.6 Å². The maximum atomic E-state index is 12.6. The second kappa shape index (κ2) is 9.18. The molecule has 7 nitrogen and oxygen atoms in total. The number of nitro groups is 1. The molecule has 0 saturated carbocycles. The van der Waals surface area contributed by atoms with Crippen LogP contribution >= 0.6 is 0 Å². The molecule has 3 rings (SSSR count). The second-order valence-electron chi connectivity index (χ2n) is 7.38. The van der Waals surface area contributed by atoms with Gasteiger partial charge in [0.1, 0.15) is 6.61 Å². The SMILES string of the molecule is Cc1ccc(C)c(COc2cc([N+](=O)[O-])ccc2N(Cc2ccccc2)S(C)(=O)=O)c1. The first-order valence-corrected chi connectivity index (χ1v) is 11.5. The van der Waals surface area contributed by atoms with Crippen molar-refractivity contribution < 1.29 is 18.1 Å². The highest BCUT2D eigenvalue weighted by Gasteiger charge is 2.24. The highest BCUT2D eigenvalue weighted by atomic mass is 32.2. The van der Waals surface area contributed by atoms with Gasteiger partial charge in [-0.1, -0.05) is 54.1 Å². The van der Waals surface area contributed by atoms with Gasteiger partial charge in [0.05, 0.1) is 29.5 Å². The van der Waals surface area contributed by atoms with E-state index in [1.54, 1.807) is 0 Å². The zero-order chi connectivity index (χ0) is 22.6. The van der Waals surface area contributed by atoms with Gasteiger partial charge in [-0.3, -0.25) is 14.4 Å². The first kappa shape index (κ1) is 22.3. The number of hydrogen-bond donors (Lipinski definition) is 0. The van der Waals surface area contributed by atoms with Crippen LogP contribution in [0.2, 0.25) is 0 Å². The molecule has 0 heterocycles. The zero-order valence-corrected chi connectivity index (χ0v) is 18.4. The molecule has 0 aliphatic carbocycles. The molecule has 0 radical (unpaired) electrons. The molecular formula is C23H24N2O5S. The summed E-state index contributed by atoms with van der Waals surface area (Å²) in [4.78, 5) is 10.8. The maximum absolute atomic E-state index is 12.6. The molecule has 0 aliphatic rings. The minimum Gasteiger partial charge on any atom is -0.486 e. The summed E-state index contributed by atoms with van der Waals surface area (Å²) in [5, 5.41) is 11.3. The van der Waals surface area contributed by atoms with Gasteiger partial charge in [-0.05, 0) is 36.6 Å². The monoisotopic (exact) mass is 440 g/mol. The Morgan fingerprint density at radius 2 is 1.71 bits per heavy atom. The van der Waals surface area contributed by atoms with Gasteiger partial charge in [0.15, 0.2) is 5.75 Å². The van der Waals surface area contributed by atoms with E-state index in [1.165, 1.54) is 22.5 Å². The molecule has 0 N–H and O–H groups in total. The van der Waals surface area contributed by atoms with Crippen LogP contribution < -0.4 is 9.04 Å². The van der Waals surface area contributed by atoms with Crippen molar-refractivity contribution in [2.45, 2.75) is 27.0 Å². The van der Waals surface area contributed by atoms with Gasteiger partial charge in [-0.25, -0.2) is 8.42 Å². The van der Waals surface area contributed by atoms with Crippen molar-refractivity contribution in [3.05, 3.63) is 99.1 Å². The van der Waals surface area contributed by atoms with E-state index in [9.17, 15) is 18.5 Å². The topological polar surface area (TPSA) is 89.8 Å². The molecule has 0 atom stereocenters. The lowest BCUT2D eigenvalue weighted by atomic mass is 10.1. The first-order valence-electron chi connectivity index (χ1n) is 9.64. The van der Waals surface area contributed by atoms with E-state index in [0.717, 1.165) is 28.5 Å². The number of anilines is 1. The summed E-state index contributed by atoms with van der Waals surface area (Å²) in [6.07, 6.45) is 1.10. The van der Waals surface area contributed by atoms with E-state index in [0.29, 0.717) is 0 Å². The maximum Gasteiger partial charge on any atom is 0.273 e. The van der Waals surface area contributed by atoms with E-state index in [4.69, 9.17) is 4.74 Å².